The van der Waals surface area contributed by atoms with Gasteiger partial charge in [-0.3, -0.25) is 0 Å². The lowest BCUT2D eigenvalue weighted by atomic mass is 9.63. The minimum absolute atomic E-state index is 0.00750. The molecular formula is C20H34N2O4. The van der Waals surface area contributed by atoms with Crippen molar-refractivity contribution < 1.29 is 19.8 Å². The molecule has 2 aliphatic rings. The summed E-state index contributed by atoms with van der Waals surface area (Å²) in [6.45, 7) is 7.52. The van der Waals surface area contributed by atoms with Gasteiger partial charge in [0.2, 0.25) is 12.2 Å². The number of aliphatic hydroxyl groups excluding tert-OH is 2. The molecule has 2 unspecified atom stereocenters. The second-order valence-corrected chi connectivity index (χ2v) is 9.09. The first-order valence-corrected chi connectivity index (χ1v) is 9.60. The molecule has 2 aliphatic carbocycles. The summed E-state index contributed by atoms with van der Waals surface area (Å²) in [7, 11) is 0. The van der Waals surface area contributed by atoms with Gasteiger partial charge in [0.15, 0.2) is 0 Å². The van der Waals surface area contributed by atoms with E-state index in [9.17, 15) is 9.59 Å². The van der Waals surface area contributed by atoms with Crippen LogP contribution < -0.4 is 0 Å². The predicted molar refractivity (Wildman–Crippen MR) is 100 cm³/mol. The van der Waals surface area contributed by atoms with Crippen molar-refractivity contribution in [2.75, 3.05) is 19.8 Å². The Morgan fingerprint density at radius 2 is 1.46 bits per heavy atom. The highest BCUT2D eigenvalue weighted by molar-refractivity contribution is 5.34. The van der Waals surface area contributed by atoms with Crippen LogP contribution in [-0.2, 0) is 9.59 Å². The number of hydrogen-bond donors (Lipinski definition) is 2. The summed E-state index contributed by atoms with van der Waals surface area (Å²) in [5.74, 6) is 1.03. The van der Waals surface area contributed by atoms with Gasteiger partial charge in [0.05, 0.1) is 12.6 Å². The number of nitrogens with zero attached hydrogens (tertiary/aromatic N) is 2. The van der Waals surface area contributed by atoms with Crippen LogP contribution >= 0.6 is 0 Å². The van der Waals surface area contributed by atoms with Crippen molar-refractivity contribution in [3.8, 4) is 0 Å². The van der Waals surface area contributed by atoms with Crippen LogP contribution in [0.4, 0.5) is 0 Å². The monoisotopic (exact) mass is 366 g/mol. The minimum Gasteiger partial charge on any atom is -0.396 e. The summed E-state index contributed by atoms with van der Waals surface area (Å²) < 4.78 is 0. The summed E-state index contributed by atoms with van der Waals surface area (Å²) in [4.78, 5) is 28.0. The van der Waals surface area contributed by atoms with Crippen molar-refractivity contribution in [2.24, 2.45) is 32.7 Å². The Morgan fingerprint density at radius 1 is 0.923 bits per heavy atom. The molecule has 0 aliphatic heterocycles. The van der Waals surface area contributed by atoms with Gasteiger partial charge in [-0.25, -0.2) is 19.6 Å². The van der Waals surface area contributed by atoms with Crippen molar-refractivity contribution in [1.82, 2.24) is 0 Å². The molecule has 6 nitrogen and oxygen atoms in total. The molecule has 0 heterocycles. The Balaban J connectivity index is 0.000000289. The maximum atomic E-state index is 10.3. The van der Waals surface area contributed by atoms with E-state index in [0.717, 1.165) is 44.9 Å². The molecular weight excluding hydrogens is 332 g/mol. The number of carbonyl (C=O) groups excluding carboxylic acids is 2. The van der Waals surface area contributed by atoms with Gasteiger partial charge in [0.1, 0.15) is 0 Å². The molecule has 6 heteroatoms. The Morgan fingerprint density at radius 3 is 1.88 bits per heavy atom. The van der Waals surface area contributed by atoms with Crippen LogP contribution in [0.15, 0.2) is 9.98 Å². The zero-order valence-electron chi connectivity index (χ0n) is 16.4. The first-order chi connectivity index (χ1) is 12.3. The highest BCUT2D eigenvalue weighted by Crippen LogP contribution is 2.47. The molecule has 0 aromatic rings. The fraction of sp³-hybridized carbons (Fsp3) is 0.900. The van der Waals surface area contributed by atoms with Gasteiger partial charge in [0.25, 0.3) is 0 Å². The van der Waals surface area contributed by atoms with Gasteiger partial charge < -0.3 is 10.2 Å². The van der Waals surface area contributed by atoms with Gasteiger partial charge in [-0.15, -0.1) is 0 Å². The first kappa shape index (κ1) is 22.7. The zero-order chi connectivity index (χ0) is 19.6. The Hall–Kier alpha value is -1.32. The number of isocyanates is 2. The highest BCUT2D eigenvalue weighted by atomic mass is 16.3. The molecule has 0 radical (unpaired) electrons. The van der Waals surface area contributed by atoms with E-state index in [1.807, 2.05) is 0 Å². The minimum atomic E-state index is -0.0653. The third kappa shape index (κ3) is 7.92. The molecule has 26 heavy (non-hydrogen) atoms. The molecule has 0 aromatic heterocycles. The average molecular weight is 367 g/mol. The number of rotatable bonds is 5. The van der Waals surface area contributed by atoms with E-state index in [1.54, 1.807) is 12.2 Å². The maximum absolute atomic E-state index is 10.3. The van der Waals surface area contributed by atoms with Gasteiger partial charge in [-0.1, -0.05) is 20.8 Å². The van der Waals surface area contributed by atoms with Gasteiger partial charge in [0, 0.05) is 13.2 Å². The molecule has 2 N–H and O–H groups in total. The van der Waals surface area contributed by atoms with Crippen LogP contribution in [0, 0.1) is 22.7 Å². The van der Waals surface area contributed by atoms with E-state index in [0.29, 0.717) is 31.6 Å². The smallest absolute Gasteiger partial charge is 0.235 e. The second kappa shape index (κ2) is 10.7. The lowest BCUT2D eigenvalue weighted by molar-refractivity contribution is 0.0915. The van der Waals surface area contributed by atoms with Gasteiger partial charge >= 0.3 is 0 Å². The van der Waals surface area contributed by atoms with Crippen LogP contribution in [0.1, 0.15) is 65.7 Å². The molecule has 0 saturated heterocycles. The summed E-state index contributed by atoms with van der Waals surface area (Å²) in [6, 6.07) is 0.00750. The SMILES string of the molecule is CC1(C)CC(N=C=O)CC(C)(CN=C=O)C1.OCC1CCC(CO)CC1. The molecule has 148 valence electrons. The average Bonchev–Trinajstić information content (AvgIpc) is 2.59. The van der Waals surface area contributed by atoms with Crippen molar-refractivity contribution in [3.63, 3.8) is 0 Å². The highest BCUT2D eigenvalue weighted by Gasteiger charge is 2.41. The molecule has 0 aromatic carbocycles. The first-order valence-electron chi connectivity index (χ1n) is 9.60. The summed E-state index contributed by atoms with van der Waals surface area (Å²) >= 11 is 0. The number of hydrogen-bond acceptors (Lipinski definition) is 6. The van der Waals surface area contributed by atoms with Crippen molar-refractivity contribution in [1.29, 1.82) is 0 Å². The van der Waals surface area contributed by atoms with Crippen LogP contribution in [0.3, 0.4) is 0 Å². The Kier molecular flexibility index (Phi) is 9.38. The third-order valence-electron chi connectivity index (χ3n) is 5.67. The molecule has 2 fully saturated rings. The van der Waals surface area contributed by atoms with E-state index in [2.05, 4.69) is 30.8 Å². The van der Waals surface area contributed by atoms with E-state index >= 15 is 0 Å². The van der Waals surface area contributed by atoms with Crippen LogP contribution in [-0.4, -0.2) is 48.2 Å². The number of aliphatic imine (C=N–C) groups is 2. The molecule has 2 saturated carbocycles. The third-order valence-corrected chi connectivity index (χ3v) is 5.67. The number of aliphatic hydroxyl groups is 2. The lowest BCUT2D eigenvalue weighted by Crippen LogP contribution is -2.39. The Bertz CT molecular complexity index is 504. The van der Waals surface area contributed by atoms with Crippen molar-refractivity contribution >= 4 is 12.2 Å². The van der Waals surface area contributed by atoms with Crippen LogP contribution in [0.5, 0.6) is 0 Å². The summed E-state index contributed by atoms with van der Waals surface area (Å²) in [6.07, 6.45) is 10.3. The van der Waals surface area contributed by atoms with E-state index in [-0.39, 0.29) is 16.9 Å². The molecule has 0 spiro atoms. The Labute approximate surface area is 156 Å². The fourth-order valence-corrected chi connectivity index (χ4v) is 4.68. The largest absolute Gasteiger partial charge is 0.396 e. The maximum Gasteiger partial charge on any atom is 0.235 e. The van der Waals surface area contributed by atoms with E-state index in [4.69, 9.17) is 10.2 Å². The van der Waals surface area contributed by atoms with Crippen LogP contribution in [0.25, 0.3) is 0 Å². The molecule has 2 rings (SSSR count). The fourth-order valence-electron chi connectivity index (χ4n) is 4.68. The predicted octanol–water partition coefficient (Wildman–Crippen LogP) is 3.02. The second-order valence-electron chi connectivity index (χ2n) is 9.09. The topological polar surface area (TPSA) is 99.3 Å². The quantitative estimate of drug-likeness (QED) is 0.577. The molecule has 0 amide bonds. The van der Waals surface area contributed by atoms with Crippen molar-refractivity contribution in [3.05, 3.63) is 0 Å². The summed E-state index contributed by atoms with van der Waals surface area (Å²) in [5.41, 5.74) is 0.0561. The van der Waals surface area contributed by atoms with E-state index < -0.39 is 0 Å². The summed E-state index contributed by atoms with van der Waals surface area (Å²) in [5, 5.41) is 17.6. The van der Waals surface area contributed by atoms with Crippen LogP contribution in [0.2, 0.25) is 0 Å². The van der Waals surface area contributed by atoms with Crippen molar-refractivity contribution in [2.45, 2.75) is 71.8 Å². The van der Waals surface area contributed by atoms with Gasteiger partial charge in [-0.05, 0) is 67.6 Å². The normalized spacial score (nSPS) is 33.0. The molecule has 0 bridgehead atoms. The standard InChI is InChI=1S/C12H18N2O2.C8H16O2/c1-11(2)4-10(14-9-16)5-12(3,6-11)7-13-8-15;9-5-7-1-2-8(6-10)4-3-7/h10H,4-7H2,1-3H3;7-10H,1-6H2. The lowest BCUT2D eigenvalue weighted by Gasteiger charge is -2.44. The zero-order valence-corrected chi connectivity index (χ0v) is 16.4. The molecule has 2 atom stereocenters. The van der Waals surface area contributed by atoms with Gasteiger partial charge in [-0.2, -0.15) is 0 Å². The van der Waals surface area contributed by atoms with E-state index in [1.165, 1.54) is 0 Å².